The number of thiazole rings is 1. The van der Waals surface area contributed by atoms with Crippen LogP contribution in [0.2, 0.25) is 0 Å². The highest BCUT2D eigenvalue weighted by Crippen LogP contribution is 2.27. The van der Waals surface area contributed by atoms with E-state index in [1.54, 1.807) is 0 Å². The van der Waals surface area contributed by atoms with E-state index in [2.05, 4.69) is 4.99 Å². The van der Waals surface area contributed by atoms with E-state index in [0.717, 1.165) is 40.9 Å². The van der Waals surface area contributed by atoms with Crippen molar-refractivity contribution < 1.29 is 22.3 Å². The van der Waals surface area contributed by atoms with Gasteiger partial charge in [0, 0.05) is 6.54 Å². The normalized spacial score (nSPS) is 12.4. The minimum atomic E-state index is -3.91. The molecule has 0 aliphatic rings. The first-order valence-electron chi connectivity index (χ1n) is 9.16. The summed E-state index contributed by atoms with van der Waals surface area (Å²) in [5.41, 5.74) is 0.842. The number of aryl methyl sites for hydroxylation is 1. The van der Waals surface area contributed by atoms with Gasteiger partial charge in [-0.3, -0.25) is 4.79 Å². The number of hydrogen-bond donors (Lipinski definition) is 0. The summed E-state index contributed by atoms with van der Waals surface area (Å²) in [5, 5.41) is 0. The molecule has 3 rings (SSSR count). The smallest absolute Gasteiger partial charge is 0.263 e. The van der Waals surface area contributed by atoms with Crippen LogP contribution in [0.4, 0.5) is 4.39 Å². The number of ether oxygens (including phenoxy) is 1. The van der Waals surface area contributed by atoms with E-state index in [-0.39, 0.29) is 4.90 Å². The van der Waals surface area contributed by atoms with Crippen molar-refractivity contribution in [3.63, 3.8) is 0 Å². The predicted molar refractivity (Wildman–Crippen MR) is 110 cm³/mol. The fourth-order valence-electron chi connectivity index (χ4n) is 2.91. The number of benzene rings is 2. The first kappa shape index (κ1) is 21.2. The first-order valence-corrected chi connectivity index (χ1v) is 11.6. The van der Waals surface area contributed by atoms with Crippen molar-refractivity contribution in [1.29, 1.82) is 0 Å². The van der Waals surface area contributed by atoms with E-state index in [0.29, 0.717) is 23.7 Å². The molecule has 0 unspecified atom stereocenters. The van der Waals surface area contributed by atoms with Crippen molar-refractivity contribution in [3.05, 3.63) is 53.1 Å². The van der Waals surface area contributed by atoms with Gasteiger partial charge in [-0.15, -0.1) is 0 Å². The van der Waals surface area contributed by atoms with Crippen molar-refractivity contribution in [2.24, 2.45) is 4.99 Å². The van der Waals surface area contributed by atoms with Crippen LogP contribution in [0.1, 0.15) is 20.3 Å². The van der Waals surface area contributed by atoms with Gasteiger partial charge in [0.1, 0.15) is 22.8 Å². The molecule has 0 aliphatic carbocycles. The van der Waals surface area contributed by atoms with Crippen LogP contribution in [0.15, 0.2) is 52.4 Å². The molecule has 0 bridgehead atoms. The average Bonchev–Trinajstić information content (AvgIpc) is 3.00. The Morgan fingerprint density at radius 2 is 1.90 bits per heavy atom. The summed E-state index contributed by atoms with van der Waals surface area (Å²) in [6.45, 7) is 5.01. The van der Waals surface area contributed by atoms with Crippen molar-refractivity contribution in [1.82, 2.24) is 4.57 Å². The summed E-state index contributed by atoms with van der Waals surface area (Å²) in [6, 6.07) is 10.0. The molecule has 9 heteroatoms. The Hall–Kier alpha value is -2.52. The molecule has 3 aromatic rings. The van der Waals surface area contributed by atoms with E-state index >= 15 is 0 Å². The molecule has 29 heavy (non-hydrogen) atoms. The number of hydrogen-bond acceptors (Lipinski definition) is 5. The topological polar surface area (TPSA) is 77.7 Å². The first-order chi connectivity index (χ1) is 13.9. The number of amides is 1. The zero-order valence-electron chi connectivity index (χ0n) is 16.1. The highest BCUT2D eigenvalue weighted by atomic mass is 32.2. The van der Waals surface area contributed by atoms with E-state index in [1.165, 1.54) is 11.3 Å². The van der Waals surface area contributed by atoms with Gasteiger partial charge in [-0.05, 0) is 49.7 Å². The Balaban J connectivity index is 2.00. The van der Waals surface area contributed by atoms with E-state index < -0.39 is 27.3 Å². The summed E-state index contributed by atoms with van der Waals surface area (Å²) in [7, 11) is -3.91. The number of rotatable bonds is 7. The second-order valence-corrected chi connectivity index (χ2v) is 9.29. The van der Waals surface area contributed by atoms with Crippen LogP contribution < -0.4 is 9.54 Å². The third-order valence-corrected chi connectivity index (χ3v) is 6.78. The zero-order chi connectivity index (χ0) is 21.0. The van der Waals surface area contributed by atoms with Gasteiger partial charge in [-0.1, -0.05) is 24.3 Å². The fourth-order valence-corrected chi connectivity index (χ4v) is 5.11. The summed E-state index contributed by atoms with van der Waals surface area (Å²) in [4.78, 5) is 16.8. The molecule has 154 valence electrons. The quantitative estimate of drug-likeness (QED) is 0.531. The Morgan fingerprint density at radius 1 is 1.17 bits per heavy atom. The second kappa shape index (κ2) is 8.87. The number of para-hydroxylation sites is 1. The van der Waals surface area contributed by atoms with Gasteiger partial charge in [0.2, 0.25) is 0 Å². The van der Waals surface area contributed by atoms with Crippen LogP contribution >= 0.6 is 11.3 Å². The molecule has 0 fully saturated rings. The van der Waals surface area contributed by atoms with Crippen molar-refractivity contribution in [2.75, 3.05) is 12.4 Å². The number of halogens is 1. The lowest BCUT2D eigenvalue weighted by molar-refractivity contribution is -0.115. The van der Waals surface area contributed by atoms with E-state index in [1.807, 2.05) is 36.6 Å². The Bertz CT molecular complexity index is 1200. The highest BCUT2D eigenvalue weighted by Gasteiger charge is 2.20. The maximum absolute atomic E-state index is 13.0. The zero-order valence-corrected chi connectivity index (χ0v) is 17.7. The monoisotopic (exact) mass is 436 g/mol. The molecule has 0 N–H and O–H groups in total. The Kier molecular flexibility index (Phi) is 6.49. The number of sulfone groups is 1. The Labute approximate surface area is 172 Å². The Morgan fingerprint density at radius 3 is 2.55 bits per heavy atom. The largest absolute Gasteiger partial charge is 0.492 e. The van der Waals surface area contributed by atoms with Crippen LogP contribution in [-0.4, -0.2) is 31.3 Å². The lowest BCUT2D eigenvalue weighted by Gasteiger charge is -2.08. The molecular formula is C20H21FN2O4S2. The molecular weight excluding hydrogens is 415 g/mol. The van der Waals surface area contributed by atoms with Gasteiger partial charge in [0.25, 0.3) is 5.91 Å². The third kappa shape index (κ3) is 4.73. The van der Waals surface area contributed by atoms with Crippen molar-refractivity contribution in [3.8, 4) is 5.75 Å². The highest BCUT2D eigenvalue weighted by molar-refractivity contribution is 7.92. The molecule has 0 atom stereocenters. The predicted octanol–water partition coefficient (Wildman–Crippen LogP) is 3.55. The van der Waals surface area contributed by atoms with Gasteiger partial charge in [0.05, 0.1) is 16.2 Å². The van der Waals surface area contributed by atoms with Crippen molar-refractivity contribution >= 4 is 37.3 Å². The average molecular weight is 437 g/mol. The SMILES string of the molecule is CCCn1c(=NC(=O)CS(=O)(=O)c2ccc(F)cc2)sc2cccc(OCC)c21. The molecule has 0 spiro atoms. The standard InChI is InChI=1S/C20H21FN2O4S2/c1-3-12-23-19-16(27-4-2)6-5-7-17(19)28-20(23)22-18(24)13-29(25,26)15-10-8-14(21)9-11-15/h5-11H,3-4,12-13H2,1-2H3. The van der Waals surface area contributed by atoms with Gasteiger partial charge in [0.15, 0.2) is 14.6 Å². The molecule has 0 aliphatic heterocycles. The molecule has 6 nitrogen and oxygen atoms in total. The van der Waals surface area contributed by atoms with E-state index in [9.17, 15) is 17.6 Å². The van der Waals surface area contributed by atoms with Crippen LogP contribution in [0, 0.1) is 5.82 Å². The van der Waals surface area contributed by atoms with Gasteiger partial charge in [-0.2, -0.15) is 4.99 Å². The summed E-state index contributed by atoms with van der Waals surface area (Å²) in [5.74, 6) is -1.40. The number of carbonyl (C=O) groups excluding carboxylic acids is 1. The summed E-state index contributed by atoms with van der Waals surface area (Å²) in [6.07, 6.45) is 0.807. The molecule has 1 amide bonds. The van der Waals surface area contributed by atoms with Crippen LogP contribution in [0.25, 0.3) is 10.2 Å². The number of carbonyl (C=O) groups is 1. The number of aromatic nitrogens is 1. The lowest BCUT2D eigenvalue weighted by atomic mass is 10.3. The minimum absolute atomic E-state index is 0.112. The molecule has 0 saturated heterocycles. The fraction of sp³-hybridized carbons (Fsp3) is 0.300. The molecule has 1 aromatic heterocycles. The summed E-state index contributed by atoms with van der Waals surface area (Å²) < 4.78 is 46.4. The molecule has 1 heterocycles. The second-order valence-electron chi connectivity index (χ2n) is 6.29. The maximum atomic E-state index is 13.0. The minimum Gasteiger partial charge on any atom is -0.492 e. The number of nitrogens with zero attached hydrogens (tertiary/aromatic N) is 2. The van der Waals surface area contributed by atoms with Crippen LogP contribution in [0.5, 0.6) is 5.75 Å². The molecule has 0 saturated carbocycles. The van der Waals surface area contributed by atoms with Gasteiger partial charge >= 0.3 is 0 Å². The lowest BCUT2D eigenvalue weighted by Crippen LogP contribution is -2.21. The van der Waals surface area contributed by atoms with Crippen molar-refractivity contribution in [2.45, 2.75) is 31.7 Å². The van der Waals surface area contributed by atoms with Crippen LogP contribution in [0.3, 0.4) is 0 Å². The molecule has 0 radical (unpaired) electrons. The molecule has 2 aromatic carbocycles. The maximum Gasteiger partial charge on any atom is 0.263 e. The van der Waals surface area contributed by atoms with Gasteiger partial charge < -0.3 is 9.30 Å². The van der Waals surface area contributed by atoms with Crippen LogP contribution in [-0.2, 0) is 21.2 Å². The van der Waals surface area contributed by atoms with Gasteiger partial charge in [-0.25, -0.2) is 12.8 Å². The van der Waals surface area contributed by atoms with E-state index in [4.69, 9.17) is 4.74 Å². The third-order valence-electron chi connectivity index (χ3n) is 4.12. The number of fused-ring (bicyclic) bond motifs is 1. The summed E-state index contributed by atoms with van der Waals surface area (Å²) >= 11 is 1.31.